The number of benzene rings is 2. The molecule has 5 rings (SSSR count). The molecule has 0 radical (unpaired) electrons. The van der Waals surface area contributed by atoms with Gasteiger partial charge in [-0.3, -0.25) is 4.79 Å². The second-order valence-corrected chi connectivity index (χ2v) is 8.95. The minimum atomic E-state index is -0.117. The topological polar surface area (TPSA) is 75.9 Å². The van der Waals surface area contributed by atoms with Crippen LogP contribution in [0.2, 0.25) is 0 Å². The maximum Gasteiger partial charge on any atom is 0.229 e. The maximum absolute atomic E-state index is 13.2. The molecule has 1 aliphatic heterocycles. The third-order valence-electron chi connectivity index (χ3n) is 6.73. The standard InChI is InChI=1S/C27H30N6O/c1-4-20-11-8-9-15-23(20)28-27(34)21-12-10-16-32(17-21)26-25-24(18(2)29-30-26)19(3)33(31-25)22-13-6-5-7-14-22/h5-9,11,13-15,21H,4,10,12,16-17H2,1-3H3,(H,28,34)/t21-/m1/s1. The van der Waals surface area contributed by atoms with Crippen LogP contribution in [-0.2, 0) is 11.2 Å². The number of nitrogens with zero attached hydrogens (tertiary/aromatic N) is 5. The SMILES string of the molecule is CCc1ccccc1NC(=O)[C@@H]1CCCN(c2nnc(C)c3c(C)n(-c4ccccc4)nc23)C1. The second kappa shape index (κ2) is 9.25. The summed E-state index contributed by atoms with van der Waals surface area (Å²) in [5.41, 5.74) is 5.80. The molecule has 1 atom stereocenters. The van der Waals surface area contributed by atoms with E-state index in [2.05, 4.69) is 40.3 Å². The van der Waals surface area contributed by atoms with Gasteiger partial charge in [0.1, 0.15) is 5.52 Å². The predicted molar refractivity (Wildman–Crippen MR) is 136 cm³/mol. The van der Waals surface area contributed by atoms with E-state index < -0.39 is 0 Å². The highest BCUT2D eigenvalue weighted by Crippen LogP contribution is 2.32. The maximum atomic E-state index is 13.2. The summed E-state index contributed by atoms with van der Waals surface area (Å²) in [6.45, 7) is 7.58. The number of nitrogens with one attached hydrogen (secondary N) is 1. The lowest BCUT2D eigenvalue weighted by atomic mass is 9.96. The van der Waals surface area contributed by atoms with Crippen molar-refractivity contribution in [2.75, 3.05) is 23.3 Å². The first-order chi connectivity index (χ1) is 16.6. The fourth-order valence-corrected chi connectivity index (χ4v) is 4.91. The first-order valence-corrected chi connectivity index (χ1v) is 12.0. The van der Waals surface area contributed by atoms with E-state index in [1.807, 2.05) is 60.1 Å². The molecule has 4 aromatic rings. The molecule has 1 saturated heterocycles. The van der Waals surface area contributed by atoms with Crippen molar-refractivity contribution >= 4 is 28.3 Å². The fraction of sp³-hybridized carbons (Fsp3) is 0.333. The Bertz CT molecular complexity index is 1330. The summed E-state index contributed by atoms with van der Waals surface area (Å²) in [6, 6.07) is 18.1. The number of carbonyl (C=O) groups excluding carboxylic acids is 1. The Morgan fingerprint density at radius 3 is 2.62 bits per heavy atom. The lowest BCUT2D eigenvalue weighted by Crippen LogP contribution is -2.41. The summed E-state index contributed by atoms with van der Waals surface area (Å²) in [5, 5.41) is 18.2. The number of aromatic nitrogens is 4. The quantitative estimate of drug-likeness (QED) is 0.467. The van der Waals surface area contributed by atoms with E-state index in [0.29, 0.717) is 6.54 Å². The molecule has 1 aliphatic rings. The van der Waals surface area contributed by atoms with Gasteiger partial charge in [0.05, 0.1) is 28.4 Å². The van der Waals surface area contributed by atoms with Crippen LogP contribution in [0.25, 0.3) is 16.6 Å². The zero-order valence-electron chi connectivity index (χ0n) is 20.0. The first kappa shape index (κ1) is 22.1. The molecule has 0 bridgehead atoms. The smallest absolute Gasteiger partial charge is 0.229 e. The van der Waals surface area contributed by atoms with Gasteiger partial charge in [-0.1, -0.05) is 43.3 Å². The molecule has 0 saturated carbocycles. The van der Waals surface area contributed by atoms with Crippen molar-refractivity contribution in [3.8, 4) is 5.69 Å². The number of hydrogen-bond donors (Lipinski definition) is 1. The Labute approximate surface area is 199 Å². The number of anilines is 2. The number of rotatable bonds is 5. The Balaban J connectivity index is 1.44. The Hall–Kier alpha value is -3.74. The van der Waals surface area contributed by atoms with Gasteiger partial charge in [-0.05, 0) is 56.9 Å². The highest BCUT2D eigenvalue weighted by atomic mass is 16.1. The van der Waals surface area contributed by atoms with Crippen LogP contribution in [0, 0.1) is 19.8 Å². The molecule has 2 aromatic carbocycles. The van der Waals surface area contributed by atoms with Crippen molar-refractivity contribution in [3.63, 3.8) is 0 Å². The Morgan fingerprint density at radius 1 is 1.06 bits per heavy atom. The number of fused-ring (bicyclic) bond motifs is 1. The average molecular weight is 455 g/mol. The minimum Gasteiger partial charge on any atom is -0.352 e. The Kier molecular flexibility index (Phi) is 6.01. The van der Waals surface area contributed by atoms with Crippen molar-refractivity contribution in [2.45, 2.75) is 40.0 Å². The lowest BCUT2D eigenvalue weighted by molar-refractivity contribution is -0.120. The number of carbonyl (C=O) groups is 1. The molecule has 2 aromatic heterocycles. The summed E-state index contributed by atoms with van der Waals surface area (Å²) < 4.78 is 1.96. The summed E-state index contributed by atoms with van der Waals surface area (Å²) in [4.78, 5) is 15.4. The van der Waals surface area contributed by atoms with E-state index >= 15 is 0 Å². The molecule has 1 fully saturated rings. The van der Waals surface area contributed by atoms with Gasteiger partial charge in [-0.25, -0.2) is 4.68 Å². The number of hydrogen-bond acceptors (Lipinski definition) is 5. The third kappa shape index (κ3) is 4.02. The van der Waals surface area contributed by atoms with E-state index in [1.165, 1.54) is 0 Å². The van der Waals surface area contributed by atoms with Crippen LogP contribution < -0.4 is 10.2 Å². The van der Waals surface area contributed by atoms with E-state index in [9.17, 15) is 4.79 Å². The van der Waals surface area contributed by atoms with Crippen molar-refractivity contribution in [1.82, 2.24) is 20.0 Å². The monoisotopic (exact) mass is 454 g/mol. The number of aryl methyl sites for hydroxylation is 3. The van der Waals surface area contributed by atoms with Crippen LogP contribution in [0.3, 0.4) is 0 Å². The molecule has 0 spiro atoms. The van der Waals surface area contributed by atoms with Gasteiger partial charge in [0.25, 0.3) is 0 Å². The molecule has 1 N–H and O–H groups in total. The van der Waals surface area contributed by atoms with Crippen LogP contribution in [0.15, 0.2) is 54.6 Å². The summed E-state index contributed by atoms with van der Waals surface area (Å²) in [7, 11) is 0. The molecular formula is C27H30N6O. The number of piperidine rings is 1. The van der Waals surface area contributed by atoms with Gasteiger partial charge in [-0.2, -0.15) is 10.2 Å². The normalized spacial score (nSPS) is 16.1. The molecule has 3 heterocycles. The van der Waals surface area contributed by atoms with E-state index in [4.69, 9.17) is 5.10 Å². The zero-order chi connectivity index (χ0) is 23.7. The molecule has 1 amide bonds. The summed E-state index contributed by atoms with van der Waals surface area (Å²) in [5.74, 6) is 0.701. The minimum absolute atomic E-state index is 0.0629. The van der Waals surface area contributed by atoms with Crippen molar-refractivity contribution in [2.24, 2.45) is 5.92 Å². The van der Waals surface area contributed by atoms with Crippen LogP contribution in [0.1, 0.15) is 36.7 Å². The molecule has 7 heteroatoms. The van der Waals surface area contributed by atoms with E-state index in [-0.39, 0.29) is 11.8 Å². The Morgan fingerprint density at radius 2 is 1.82 bits per heavy atom. The first-order valence-electron chi connectivity index (χ1n) is 12.0. The summed E-state index contributed by atoms with van der Waals surface area (Å²) in [6.07, 6.45) is 2.66. The summed E-state index contributed by atoms with van der Waals surface area (Å²) >= 11 is 0. The van der Waals surface area contributed by atoms with E-state index in [0.717, 1.165) is 70.9 Å². The van der Waals surface area contributed by atoms with Crippen molar-refractivity contribution in [1.29, 1.82) is 0 Å². The van der Waals surface area contributed by atoms with Crippen molar-refractivity contribution < 1.29 is 4.79 Å². The average Bonchev–Trinajstić information content (AvgIpc) is 3.23. The van der Waals surface area contributed by atoms with Gasteiger partial charge in [0, 0.05) is 18.8 Å². The van der Waals surface area contributed by atoms with Gasteiger partial charge >= 0.3 is 0 Å². The predicted octanol–water partition coefficient (Wildman–Crippen LogP) is 4.85. The number of para-hydroxylation sites is 2. The molecule has 0 aliphatic carbocycles. The molecule has 34 heavy (non-hydrogen) atoms. The van der Waals surface area contributed by atoms with Crippen LogP contribution >= 0.6 is 0 Å². The molecule has 0 unspecified atom stereocenters. The highest BCUT2D eigenvalue weighted by molar-refractivity contribution is 5.95. The molecule has 7 nitrogen and oxygen atoms in total. The van der Waals surface area contributed by atoms with Crippen molar-refractivity contribution in [3.05, 3.63) is 71.5 Å². The largest absolute Gasteiger partial charge is 0.352 e. The van der Waals surface area contributed by atoms with Crippen LogP contribution in [0.5, 0.6) is 0 Å². The van der Waals surface area contributed by atoms with Crippen LogP contribution in [-0.4, -0.2) is 39.0 Å². The fourth-order valence-electron chi connectivity index (χ4n) is 4.91. The van der Waals surface area contributed by atoms with Crippen LogP contribution in [0.4, 0.5) is 11.5 Å². The van der Waals surface area contributed by atoms with Gasteiger partial charge in [-0.15, -0.1) is 5.10 Å². The molecular weight excluding hydrogens is 424 g/mol. The third-order valence-corrected chi connectivity index (χ3v) is 6.73. The number of amides is 1. The molecule has 174 valence electrons. The van der Waals surface area contributed by atoms with E-state index in [1.54, 1.807) is 0 Å². The highest BCUT2D eigenvalue weighted by Gasteiger charge is 2.29. The lowest BCUT2D eigenvalue weighted by Gasteiger charge is -2.32. The zero-order valence-corrected chi connectivity index (χ0v) is 20.0. The van der Waals surface area contributed by atoms with Gasteiger partial charge in [0.15, 0.2) is 5.82 Å². The van der Waals surface area contributed by atoms with Gasteiger partial charge in [0.2, 0.25) is 5.91 Å². The van der Waals surface area contributed by atoms with Gasteiger partial charge < -0.3 is 10.2 Å². The second-order valence-electron chi connectivity index (χ2n) is 8.95.